The molecule has 0 N–H and O–H groups in total. The molecule has 0 aliphatic carbocycles. The summed E-state index contributed by atoms with van der Waals surface area (Å²) in [6.45, 7) is 0.427. The maximum atomic E-state index is 12.1. The van der Waals surface area contributed by atoms with E-state index in [0.717, 1.165) is 14.7 Å². The highest BCUT2D eigenvalue weighted by molar-refractivity contribution is 14.1. The van der Waals surface area contributed by atoms with Crippen LogP contribution in [-0.2, 0) is 16.1 Å². The molecule has 0 unspecified atom stereocenters. The van der Waals surface area contributed by atoms with E-state index in [1.54, 1.807) is 37.5 Å². The van der Waals surface area contributed by atoms with Gasteiger partial charge in [-0.15, -0.1) is 0 Å². The monoisotopic (exact) mass is 501 g/mol. The highest BCUT2D eigenvalue weighted by Crippen LogP contribution is 2.30. The van der Waals surface area contributed by atoms with E-state index in [0.29, 0.717) is 23.9 Å². The second kappa shape index (κ2) is 8.52. The van der Waals surface area contributed by atoms with Crippen LogP contribution >= 0.6 is 22.6 Å². The van der Waals surface area contributed by atoms with Gasteiger partial charge in [0.05, 0.1) is 13.4 Å². The van der Waals surface area contributed by atoms with E-state index in [1.165, 1.54) is 6.26 Å². The zero-order chi connectivity index (χ0) is 20.2. The van der Waals surface area contributed by atoms with E-state index in [1.807, 2.05) is 24.3 Å². The van der Waals surface area contributed by atoms with Gasteiger partial charge in [-0.3, -0.25) is 0 Å². The van der Waals surface area contributed by atoms with Crippen molar-refractivity contribution in [2.45, 2.75) is 6.61 Å². The molecule has 1 aromatic heterocycles. The Hall–Kier alpha value is -3.07. The number of furan rings is 1. The van der Waals surface area contributed by atoms with Crippen molar-refractivity contribution < 1.29 is 23.4 Å². The second-order valence-corrected chi connectivity index (χ2v) is 7.39. The van der Waals surface area contributed by atoms with Crippen LogP contribution in [0.25, 0.3) is 6.08 Å². The summed E-state index contributed by atoms with van der Waals surface area (Å²) in [5, 5.41) is 0. The van der Waals surface area contributed by atoms with Crippen LogP contribution in [0.5, 0.6) is 11.5 Å². The van der Waals surface area contributed by atoms with Crippen molar-refractivity contribution in [3.8, 4) is 11.5 Å². The second-order valence-electron chi connectivity index (χ2n) is 6.14. The van der Waals surface area contributed by atoms with Crippen LogP contribution in [0.1, 0.15) is 16.9 Å². The Labute approximate surface area is 180 Å². The van der Waals surface area contributed by atoms with Gasteiger partial charge in [0.2, 0.25) is 0 Å². The Morgan fingerprint density at radius 2 is 2.00 bits per heavy atom. The molecule has 0 bridgehead atoms. The van der Waals surface area contributed by atoms with Crippen LogP contribution in [0.4, 0.5) is 0 Å². The number of aliphatic imine (C=N–C) groups is 1. The highest BCUT2D eigenvalue weighted by Gasteiger charge is 2.25. The summed E-state index contributed by atoms with van der Waals surface area (Å²) in [4.78, 5) is 16.3. The van der Waals surface area contributed by atoms with Gasteiger partial charge in [0.15, 0.2) is 23.0 Å². The number of benzene rings is 2. The summed E-state index contributed by atoms with van der Waals surface area (Å²) < 4.78 is 22.9. The highest BCUT2D eigenvalue weighted by atomic mass is 127. The number of esters is 1. The number of cyclic esters (lactones) is 1. The first-order valence-electron chi connectivity index (χ1n) is 8.74. The number of ether oxygens (including phenoxy) is 3. The van der Waals surface area contributed by atoms with E-state index in [4.69, 9.17) is 18.6 Å². The normalized spacial score (nSPS) is 14.6. The molecule has 2 heterocycles. The molecular formula is C22H16INO5. The van der Waals surface area contributed by atoms with E-state index in [2.05, 4.69) is 33.6 Å². The molecule has 4 rings (SSSR count). The van der Waals surface area contributed by atoms with Gasteiger partial charge in [-0.1, -0.05) is 18.2 Å². The lowest BCUT2D eigenvalue weighted by Gasteiger charge is -2.11. The number of nitrogens with zero attached hydrogens (tertiary/aromatic N) is 1. The molecule has 0 spiro atoms. The largest absolute Gasteiger partial charge is 0.493 e. The lowest BCUT2D eigenvalue weighted by molar-refractivity contribution is -0.130. The summed E-state index contributed by atoms with van der Waals surface area (Å²) in [6.07, 6.45) is 3.12. The summed E-state index contributed by atoms with van der Waals surface area (Å²) in [6, 6.07) is 16.9. The molecule has 3 aromatic rings. The maximum absolute atomic E-state index is 12.1. The lowest BCUT2D eigenvalue weighted by atomic mass is 10.1. The van der Waals surface area contributed by atoms with Crippen molar-refractivity contribution in [2.24, 2.45) is 4.99 Å². The van der Waals surface area contributed by atoms with Crippen molar-refractivity contribution in [3.05, 3.63) is 87.0 Å². The zero-order valence-corrected chi connectivity index (χ0v) is 17.6. The first-order valence-corrected chi connectivity index (χ1v) is 9.82. The van der Waals surface area contributed by atoms with Gasteiger partial charge >= 0.3 is 5.97 Å². The van der Waals surface area contributed by atoms with Gasteiger partial charge < -0.3 is 18.6 Å². The van der Waals surface area contributed by atoms with Gasteiger partial charge in [-0.05, 0) is 76.2 Å². The number of methoxy groups -OCH3 is 1. The minimum atomic E-state index is -0.533. The Bertz CT molecular complexity index is 1100. The van der Waals surface area contributed by atoms with Gasteiger partial charge in [0.25, 0.3) is 5.90 Å². The minimum Gasteiger partial charge on any atom is -0.493 e. The molecule has 2 aromatic carbocycles. The smallest absolute Gasteiger partial charge is 0.363 e. The Kier molecular flexibility index (Phi) is 5.66. The third-order valence-electron chi connectivity index (χ3n) is 4.13. The van der Waals surface area contributed by atoms with Gasteiger partial charge in [0, 0.05) is 3.57 Å². The number of rotatable bonds is 6. The molecular weight excluding hydrogens is 485 g/mol. The average molecular weight is 501 g/mol. The van der Waals surface area contributed by atoms with E-state index < -0.39 is 5.97 Å². The predicted molar refractivity (Wildman–Crippen MR) is 116 cm³/mol. The molecule has 0 saturated carbocycles. The summed E-state index contributed by atoms with van der Waals surface area (Å²) >= 11 is 2.27. The Morgan fingerprint density at radius 3 is 2.76 bits per heavy atom. The quantitative estimate of drug-likeness (QED) is 0.275. The van der Waals surface area contributed by atoms with Gasteiger partial charge in [-0.25, -0.2) is 9.79 Å². The first kappa shape index (κ1) is 19.3. The molecule has 146 valence electrons. The molecule has 7 heteroatoms. The summed E-state index contributed by atoms with van der Waals surface area (Å²) in [5.74, 6) is 1.19. The van der Waals surface area contributed by atoms with Crippen molar-refractivity contribution in [1.29, 1.82) is 0 Å². The van der Waals surface area contributed by atoms with Crippen LogP contribution in [-0.4, -0.2) is 19.0 Å². The average Bonchev–Trinajstić information content (AvgIpc) is 3.37. The molecule has 1 aliphatic rings. The van der Waals surface area contributed by atoms with Crippen LogP contribution in [0.15, 0.2) is 76.0 Å². The fraction of sp³-hybridized carbons (Fsp3) is 0.0909. The maximum Gasteiger partial charge on any atom is 0.363 e. The number of carbonyl (C=O) groups is 1. The van der Waals surface area contributed by atoms with Crippen molar-refractivity contribution >= 4 is 40.5 Å². The number of hydrogen-bond acceptors (Lipinski definition) is 6. The predicted octanol–water partition coefficient (Wildman–Crippen LogP) is 4.82. The topological polar surface area (TPSA) is 70.3 Å². The third-order valence-corrected chi connectivity index (χ3v) is 4.80. The van der Waals surface area contributed by atoms with Crippen molar-refractivity contribution in [3.63, 3.8) is 0 Å². The molecule has 0 saturated heterocycles. The number of halogens is 1. The SMILES string of the molecule is COc1cc(/C=C2\N=C(c3ccco3)OC2=O)ccc1OCc1cccc(I)c1. The summed E-state index contributed by atoms with van der Waals surface area (Å²) in [5.41, 5.74) is 1.99. The van der Waals surface area contributed by atoms with Crippen LogP contribution in [0, 0.1) is 3.57 Å². The molecule has 0 radical (unpaired) electrons. The van der Waals surface area contributed by atoms with Crippen LogP contribution < -0.4 is 9.47 Å². The van der Waals surface area contributed by atoms with Crippen LogP contribution in [0.2, 0.25) is 0 Å². The lowest BCUT2D eigenvalue weighted by Crippen LogP contribution is -2.04. The van der Waals surface area contributed by atoms with Gasteiger partial charge in [-0.2, -0.15) is 0 Å². The van der Waals surface area contributed by atoms with Crippen molar-refractivity contribution in [1.82, 2.24) is 0 Å². The minimum absolute atomic E-state index is 0.149. The fourth-order valence-electron chi connectivity index (χ4n) is 2.75. The number of carbonyl (C=O) groups excluding carboxylic acids is 1. The van der Waals surface area contributed by atoms with Crippen LogP contribution in [0.3, 0.4) is 0 Å². The van der Waals surface area contributed by atoms with Gasteiger partial charge in [0.1, 0.15) is 6.61 Å². The molecule has 0 atom stereocenters. The molecule has 29 heavy (non-hydrogen) atoms. The molecule has 1 aliphatic heterocycles. The summed E-state index contributed by atoms with van der Waals surface area (Å²) in [7, 11) is 1.57. The molecule has 6 nitrogen and oxygen atoms in total. The zero-order valence-electron chi connectivity index (χ0n) is 15.4. The van der Waals surface area contributed by atoms with E-state index >= 15 is 0 Å². The third kappa shape index (κ3) is 4.51. The first-order chi connectivity index (χ1) is 14.1. The molecule has 0 fully saturated rings. The fourth-order valence-corrected chi connectivity index (χ4v) is 3.36. The standard InChI is InChI=1S/C22H16INO5/c1-26-20-12-14(7-8-18(20)28-13-15-4-2-5-16(23)10-15)11-17-22(25)29-21(24-17)19-6-3-9-27-19/h2-12H,13H2,1H3/b17-11-. The van der Waals surface area contributed by atoms with E-state index in [9.17, 15) is 4.79 Å². The Balaban J connectivity index is 1.53. The van der Waals surface area contributed by atoms with E-state index in [-0.39, 0.29) is 11.6 Å². The number of hydrogen-bond donors (Lipinski definition) is 0. The Morgan fingerprint density at radius 1 is 1.10 bits per heavy atom. The molecule has 0 amide bonds. The van der Waals surface area contributed by atoms with Crippen molar-refractivity contribution in [2.75, 3.05) is 7.11 Å².